The summed E-state index contributed by atoms with van der Waals surface area (Å²) in [5, 5.41) is 0. The highest BCUT2D eigenvalue weighted by Gasteiger charge is 2.37. The van der Waals surface area contributed by atoms with Gasteiger partial charge in [-0.3, -0.25) is 9.59 Å². The average Bonchev–Trinajstić information content (AvgIpc) is 3.25. The Morgan fingerprint density at radius 1 is 0.667 bits per heavy atom. The molecule has 0 spiro atoms. The highest BCUT2D eigenvalue weighted by atomic mass is 32.1. The van der Waals surface area contributed by atoms with Crippen LogP contribution in [0.4, 0.5) is 0 Å². The lowest BCUT2D eigenvalue weighted by Crippen LogP contribution is -2.16. The van der Waals surface area contributed by atoms with Crippen LogP contribution in [0.15, 0.2) is 0 Å². The van der Waals surface area contributed by atoms with Crippen molar-refractivity contribution in [3.63, 3.8) is 0 Å². The molecule has 2 atom stereocenters. The van der Waals surface area contributed by atoms with E-state index in [1.807, 2.05) is 11.3 Å². The predicted molar refractivity (Wildman–Crippen MR) is 141 cm³/mol. The number of ketones is 2. The molecular weight excluding hydrogens is 444 g/mol. The Balaban J connectivity index is 1.48. The number of thiophene rings is 2. The standard InChI is InChI=1S/C29H40O2S2/c1-19-23(25(30)20-13-9-7-5-3-2-4-6-8-10-14-20)28-29(32-19)24-26(31)21-15-11-12-16-22(18-17-21)27(24)33-28/h20-22H,2-18H2,1H3. The van der Waals surface area contributed by atoms with Gasteiger partial charge in [0.1, 0.15) is 0 Å². The summed E-state index contributed by atoms with van der Waals surface area (Å²) in [6, 6.07) is 0. The first kappa shape index (κ1) is 23.7. The molecule has 2 aromatic rings. The van der Waals surface area contributed by atoms with E-state index in [9.17, 15) is 9.59 Å². The molecule has 33 heavy (non-hydrogen) atoms. The molecule has 0 N–H and O–H groups in total. The number of Topliss-reactive ketones (excluding diaryl/α,β-unsaturated/α-hetero) is 2. The average molecular weight is 485 g/mol. The van der Waals surface area contributed by atoms with E-state index in [1.54, 1.807) is 11.3 Å². The normalized spacial score (nSPS) is 26.2. The van der Waals surface area contributed by atoms with Gasteiger partial charge in [-0.2, -0.15) is 0 Å². The number of hydrogen-bond donors (Lipinski definition) is 0. The third-order valence-electron chi connectivity index (χ3n) is 8.66. The van der Waals surface area contributed by atoms with Gasteiger partial charge in [0.25, 0.3) is 0 Å². The van der Waals surface area contributed by atoms with Crippen molar-refractivity contribution in [1.82, 2.24) is 0 Å². The lowest BCUT2D eigenvalue weighted by molar-refractivity contribution is 0.0896. The number of fused-ring (bicyclic) bond motifs is 7. The molecule has 4 heteroatoms. The van der Waals surface area contributed by atoms with Crippen molar-refractivity contribution in [2.45, 2.75) is 122 Å². The summed E-state index contributed by atoms with van der Waals surface area (Å²) in [7, 11) is 0. The second kappa shape index (κ2) is 10.7. The molecule has 2 aromatic heterocycles. The Bertz CT molecular complexity index is 985. The number of rotatable bonds is 2. The van der Waals surface area contributed by atoms with Crippen LogP contribution in [0.5, 0.6) is 0 Å². The maximum absolute atomic E-state index is 14.0. The first-order valence-corrected chi connectivity index (χ1v) is 15.4. The molecule has 2 saturated carbocycles. The summed E-state index contributed by atoms with van der Waals surface area (Å²) in [5.74, 6) is 1.69. The van der Waals surface area contributed by atoms with E-state index >= 15 is 0 Å². The van der Waals surface area contributed by atoms with Gasteiger partial charge in [0, 0.05) is 32.7 Å². The fraction of sp³-hybridized carbons (Fsp3) is 0.724. The van der Waals surface area contributed by atoms with Crippen LogP contribution in [0.2, 0.25) is 0 Å². The van der Waals surface area contributed by atoms with Crippen LogP contribution in [0.25, 0.3) is 9.40 Å². The van der Waals surface area contributed by atoms with Crippen LogP contribution in [0.3, 0.4) is 0 Å². The van der Waals surface area contributed by atoms with E-state index in [0.717, 1.165) is 57.5 Å². The molecule has 0 amide bonds. The predicted octanol–water partition coefficient (Wildman–Crippen LogP) is 9.63. The zero-order valence-electron chi connectivity index (χ0n) is 20.4. The first-order valence-electron chi connectivity index (χ1n) is 13.8. The lowest BCUT2D eigenvalue weighted by Gasteiger charge is -2.19. The minimum Gasteiger partial charge on any atom is -0.294 e. The van der Waals surface area contributed by atoms with E-state index in [0.29, 0.717) is 17.5 Å². The lowest BCUT2D eigenvalue weighted by atomic mass is 9.86. The molecule has 3 aliphatic carbocycles. The Morgan fingerprint density at radius 2 is 1.21 bits per heavy atom. The molecule has 3 aliphatic rings. The molecule has 0 aromatic carbocycles. The van der Waals surface area contributed by atoms with Gasteiger partial charge in [-0.15, -0.1) is 22.7 Å². The van der Waals surface area contributed by atoms with Gasteiger partial charge in [-0.1, -0.05) is 70.6 Å². The summed E-state index contributed by atoms with van der Waals surface area (Å²) in [4.78, 5) is 30.1. The van der Waals surface area contributed by atoms with Crippen molar-refractivity contribution in [1.29, 1.82) is 0 Å². The van der Waals surface area contributed by atoms with E-state index in [2.05, 4.69) is 6.92 Å². The van der Waals surface area contributed by atoms with Crippen molar-refractivity contribution >= 4 is 43.6 Å². The Labute approximate surface area is 207 Å². The van der Waals surface area contributed by atoms with Crippen molar-refractivity contribution in [2.75, 3.05) is 0 Å². The number of hydrogen-bond acceptors (Lipinski definition) is 4. The molecule has 0 aliphatic heterocycles. The zero-order chi connectivity index (χ0) is 22.8. The molecular formula is C29H40O2S2. The third kappa shape index (κ3) is 4.89. The van der Waals surface area contributed by atoms with Gasteiger partial charge in [0.15, 0.2) is 11.6 Å². The van der Waals surface area contributed by atoms with Gasteiger partial charge >= 0.3 is 0 Å². The van der Waals surface area contributed by atoms with Crippen LogP contribution in [0.1, 0.15) is 146 Å². The largest absolute Gasteiger partial charge is 0.294 e. The third-order valence-corrected chi connectivity index (χ3v) is 11.3. The number of carbonyl (C=O) groups excluding carboxylic acids is 2. The summed E-state index contributed by atoms with van der Waals surface area (Å²) in [5.41, 5.74) is 2.03. The van der Waals surface area contributed by atoms with Gasteiger partial charge in [-0.05, 0) is 51.4 Å². The van der Waals surface area contributed by atoms with Gasteiger partial charge < -0.3 is 0 Å². The smallest absolute Gasteiger partial charge is 0.168 e. The summed E-state index contributed by atoms with van der Waals surface area (Å²) in [6.45, 7) is 2.13. The molecule has 0 saturated heterocycles. The monoisotopic (exact) mass is 484 g/mol. The zero-order valence-corrected chi connectivity index (χ0v) is 22.0. The van der Waals surface area contributed by atoms with E-state index in [4.69, 9.17) is 0 Å². The van der Waals surface area contributed by atoms with Crippen molar-refractivity contribution in [3.8, 4) is 0 Å². The second-order valence-electron chi connectivity index (χ2n) is 11.0. The number of carbonyl (C=O) groups is 2. The van der Waals surface area contributed by atoms with Gasteiger partial charge in [-0.25, -0.2) is 0 Å². The van der Waals surface area contributed by atoms with Crippen LogP contribution in [0, 0.1) is 18.8 Å². The van der Waals surface area contributed by atoms with Gasteiger partial charge in [0.2, 0.25) is 0 Å². The van der Waals surface area contributed by atoms with E-state index in [-0.39, 0.29) is 11.8 Å². The molecule has 2 unspecified atom stereocenters. The second-order valence-corrected chi connectivity index (χ2v) is 13.3. The van der Waals surface area contributed by atoms with Crippen LogP contribution >= 0.6 is 22.7 Å². The SMILES string of the molecule is Cc1sc2c3c(sc2c1C(=O)C1CCCCCCCCCCC1)C1CCCCC(CC1)C3=O. The summed E-state index contributed by atoms with van der Waals surface area (Å²) >= 11 is 3.57. The molecule has 2 nitrogen and oxygen atoms in total. The molecule has 2 heterocycles. The summed E-state index contributed by atoms with van der Waals surface area (Å²) in [6.07, 6.45) is 20.7. The Morgan fingerprint density at radius 3 is 1.88 bits per heavy atom. The van der Waals surface area contributed by atoms with Crippen molar-refractivity contribution in [2.24, 2.45) is 11.8 Å². The first-order chi connectivity index (χ1) is 16.1. The Kier molecular flexibility index (Phi) is 7.71. The maximum Gasteiger partial charge on any atom is 0.168 e. The number of aryl methyl sites for hydroxylation is 1. The topological polar surface area (TPSA) is 34.1 Å². The molecule has 0 radical (unpaired) electrons. The van der Waals surface area contributed by atoms with Crippen LogP contribution in [-0.2, 0) is 0 Å². The summed E-state index contributed by atoms with van der Waals surface area (Å²) < 4.78 is 2.32. The quantitative estimate of drug-likeness (QED) is 0.398. The Hall–Kier alpha value is -1.00. The van der Waals surface area contributed by atoms with Crippen molar-refractivity contribution < 1.29 is 9.59 Å². The maximum atomic E-state index is 14.0. The molecule has 180 valence electrons. The highest BCUT2D eigenvalue weighted by Crippen LogP contribution is 2.50. The van der Waals surface area contributed by atoms with E-state index in [1.165, 1.54) is 81.9 Å². The minimum atomic E-state index is 0.168. The molecule has 2 bridgehead atoms. The van der Waals surface area contributed by atoms with E-state index < -0.39 is 0 Å². The van der Waals surface area contributed by atoms with Crippen LogP contribution in [-0.4, -0.2) is 11.6 Å². The highest BCUT2D eigenvalue weighted by molar-refractivity contribution is 7.29. The van der Waals surface area contributed by atoms with Crippen LogP contribution < -0.4 is 0 Å². The molecule has 2 fully saturated rings. The minimum absolute atomic E-state index is 0.168. The van der Waals surface area contributed by atoms with Crippen molar-refractivity contribution in [3.05, 3.63) is 20.9 Å². The molecule has 5 rings (SSSR count). The fourth-order valence-corrected chi connectivity index (χ4v) is 9.67. The van der Waals surface area contributed by atoms with Gasteiger partial charge in [0.05, 0.1) is 9.40 Å². The fourth-order valence-electron chi connectivity index (χ4n) is 6.70.